The lowest BCUT2D eigenvalue weighted by Crippen LogP contribution is -2.07. The van der Waals surface area contributed by atoms with Crippen molar-refractivity contribution in [2.45, 2.75) is 13.8 Å². The summed E-state index contributed by atoms with van der Waals surface area (Å²) in [5, 5.41) is 12.1. The molecule has 3 aromatic rings. The monoisotopic (exact) mass is 327 g/mol. The van der Waals surface area contributed by atoms with E-state index in [-0.39, 0.29) is 5.69 Å². The van der Waals surface area contributed by atoms with E-state index in [1.807, 2.05) is 0 Å². The fourth-order valence-electron chi connectivity index (χ4n) is 2.06. The van der Waals surface area contributed by atoms with Crippen LogP contribution in [-0.4, -0.2) is 27.6 Å². The number of nitrogens with one attached hydrogen (secondary N) is 1. The predicted molar refractivity (Wildman–Crippen MR) is 88.6 cm³/mol. The maximum absolute atomic E-state index is 10.9. The largest absolute Gasteiger partial charge is 0.477 e. The molecule has 24 heavy (non-hydrogen) atoms. The highest BCUT2D eigenvalue weighted by Crippen LogP contribution is 2.27. The number of carboxylic acids is 1. The Kier molecular flexibility index (Phi) is 4.33. The van der Waals surface area contributed by atoms with Crippen LogP contribution in [0.2, 0.25) is 0 Å². The number of hydrogen-bond donors (Lipinski definition) is 2. The van der Waals surface area contributed by atoms with Gasteiger partial charge in [0.25, 0.3) is 6.01 Å². The summed E-state index contributed by atoms with van der Waals surface area (Å²) in [5.41, 5.74) is 1.23. The van der Waals surface area contributed by atoms with Crippen LogP contribution < -0.4 is 10.1 Å². The van der Waals surface area contributed by atoms with Gasteiger partial charge in [-0.15, -0.1) is 0 Å². The van der Waals surface area contributed by atoms with E-state index in [9.17, 15) is 4.79 Å². The van der Waals surface area contributed by atoms with Gasteiger partial charge in [0.2, 0.25) is 0 Å². The van der Waals surface area contributed by atoms with Crippen molar-refractivity contribution in [3.8, 4) is 11.5 Å². The number of pyridine rings is 1. The first-order valence-electron chi connectivity index (χ1n) is 7.53. The van der Waals surface area contributed by atoms with Gasteiger partial charge in [-0.3, -0.25) is 0 Å². The van der Waals surface area contributed by atoms with E-state index in [1.54, 1.807) is 24.3 Å². The molecule has 0 fully saturated rings. The molecule has 7 nitrogen and oxygen atoms in total. The van der Waals surface area contributed by atoms with Crippen molar-refractivity contribution in [2.24, 2.45) is 5.92 Å². The molecule has 2 heterocycles. The summed E-state index contributed by atoms with van der Waals surface area (Å²) in [6.07, 6.45) is 1.39. The number of ether oxygens (including phenoxy) is 1. The van der Waals surface area contributed by atoms with Crippen molar-refractivity contribution < 1.29 is 19.1 Å². The Morgan fingerprint density at radius 1 is 1.29 bits per heavy atom. The number of carbonyl (C=O) groups is 1. The molecule has 3 rings (SSSR count). The highest BCUT2D eigenvalue weighted by atomic mass is 16.5. The van der Waals surface area contributed by atoms with Crippen molar-refractivity contribution in [3.63, 3.8) is 0 Å². The summed E-state index contributed by atoms with van der Waals surface area (Å²) in [7, 11) is 0. The standard InChI is InChI=1S/C17H17N3O4/c1-10(2)9-19-17-20-13-4-3-11(8-15(13)24-17)23-12-5-6-18-14(7-12)16(21)22/h3-8,10H,9H2,1-2H3,(H,19,20)(H,21,22). The Bertz CT molecular complexity index is 873. The molecule has 1 aromatic carbocycles. The quantitative estimate of drug-likeness (QED) is 0.711. The normalized spacial score (nSPS) is 11.0. The van der Waals surface area contributed by atoms with Gasteiger partial charge in [0, 0.05) is 24.9 Å². The van der Waals surface area contributed by atoms with Crippen LogP contribution in [0.25, 0.3) is 11.1 Å². The number of aromatic nitrogens is 2. The summed E-state index contributed by atoms with van der Waals surface area (Å²) >= 11 is 0. The Labute approximate surface area is 138 Å². The van der Waals surface area contributed by atoms with Gasteiger partial charge < -0.3 is 19.6 Å². The molecule has 0 aliphatic rings. The molecular weight excluding hydrogens is 310 g/mol. The number of fused-ring (bicyclic) bond motifs is 1. The lowest BCUT2D eigenvalue weighted by Gasteiger charge is -2.05. The Hall–Kier alpha value is -3.09. The summed E-state index contributed by atoms with van der Waals surface area (Å²) in [5.74, 6) is 0.289. The lowest BCUT2D eigenvalue weighted by molar-refractivity contribution is 0.0690. The summed E-state index contributed by atoms with van der Waals surface area (Å²) < 4.78 is 11.3. The Morgan fingerprint density at radius 2 is 2.08 bits per heavy atom. The van der Waals surface area contributed by atoms with Crippen LogP contribution in [-0.2, 0) is 0 Å². The molecule has 0 saturated carbocycles. The average Bonchev–Trinajstić information content (AvgIpc) is 2.95. The maximum Gasteiger partial charge on any atom is 0.354 e. The molecule has 2 N–H and O–H groups in total. The molecule has 0 unspecified atom stereocenters. The summed E-state index contributed by atoms with van der Waals surface area (Å²) in [6, 6.07) is 8.66. The molecule has 0 aliphatic carbocycles. The molecule has 0 amide bonds. The van der Waals surface area contributed by atoms with Crippen molar-refractivity contribution in [2.75, 3.05) is 11.9 Å². The molecular formula is C17H17N3O4. The first-order chi connectivity index (χ1) is 11.5. The fraction of sp³-hybridized carbons (Fsp3) is 0.235. The van der Waals surface area contributed by atoms with E-state index in [2.05, 4.69) is 29.1 Å². The molecule has 0 radical (unpaired) electrons. The van der Waals surface area contributed by atoms with E-state index in [0.29, 0.717) is 29.0 Å². The summed E-state index contributed by atoms with van der Waals surface area (Å²) in [6.45, 7) is 4.97. The van der Waals surface area contributed by atoms with Crippen molar-refractivity contribution in [3.05, 3.63) is 42.2 Å². The van der Waals surface area contributed by atoms with E-state index in [1.165, 1.54) is 12.3 Å². The number of benzene rings is 1. The van der Waals surface area contributed by atoms with Crippen molar-refractivity contribution in [1.29, 1.82) is 0 Å². The van der Waals surface area contributed by atoms with Crippen LogP contribution >= 0.6 is 0 Å². The zero-order valence-corrected chi connectivity index (χ0v) is 13.3. The van der Waals surface area contributed by atoms with Gasteiger partial charge in [0.15, 0.2) is 11.3 Å². The minimum atomic E-state index is -1.10. The topological polar surface area (TPSA) is 97.5 Å². The number of nitrogens with zero attached hydrogens (tertiary/aromatic N) is 2. The van der Waals surface area contributed by atoms with E-state index >= 15 is 0 Å². The third kappa shape index (κ3) is 3.62. The molecule has 0 atom stereocenters. The highest BCUT2D eigenvalue weighted by molar-refractivity contribution is 5.85. The summed E-state index contributed by atoms with van der Waals surface area (Å²) in [4.78, 5) is 19.0. The van der Waals surface area contributed by atoms with Crippen LogP contribution in [0.15, 0.2) is 40.9 Å². The van der Waals surface area contributed by atoms with Gasteiger partial charge in [-0.25, -0.2) is 9.78 Å². The molecule has 0 spiro atoms. The predicted octanol–water partition coefficient (Wildman–Crippen LogP) is 3.78. The van der Waals surface area contributed by atoms with Crippen LogP contribution in [0.5, 0.6) is 11.5 Å². The number of aromatic carboxylic acids is 1. The van der Waals surface area contributed by atoms with E-state index < -0.39 is 5.97 Å². The number of hydrogen-bond acceptors (Lipinski definition) is 6. The Morgan fingerprint density at radius 3 is 2.83 bits per heavy atom. The van der Waals surface area contributed by atoms with E-state index in [0.717, 1.165) is 12.1 Å². The molecule has 0 aliphatic heterocycles. The second-order valence-corrected chi connectivity index (χ2v) is 5.71. The van der Waals surface area contributed by atoms with Crippen LogP contribution in [0.4, 0.5) is 6.01 Å². The van der Waals surface area contributed by atoms with Crippen LogP contribution in [0.1, 0.15) is 24.3 Å². The minimum Gasteiger partial charge on any atom is -0.477 e. The zero-order valence-electron chi connectivity index (χ0n) is 13.3. The van der Waals surface area contributed by atoms with Gasteiger partial charge in [-0.1, -0.05) is 13.8 Å². The lowest BCUT2D eigenvalue weighted by atomic mass is 10.2. The number of rotatable bonds is 6. The fourth-order valence-corrected chi connectivity index (χ4v) is 2.06. The SMILES string of the molecule is CC(C)CNc1nc2ccc(Oc3ccnc(C(=O)O)c3)cc2o1. The van der Waals surface area contributed by atoms with Crippen LogP contribution in [0.3, 0.4) is 0 Å². The third-order valence-electron chi connectivity index (χ3n) is 3.21. The first kappa shape index (κ1) is 15.8. The minimum absolute atomic E-state index is 0.0755. The first-order valence-corrected chi connectivity index (χ1v) is 7.53. The smallest absolute Gasteiger partial charge is 0.354 e. The molecule has 0 bridgehead atoms. The zero-order chi connectivity index (χ0) is 17.1. The van der Waals surface area contributed by atoms with Gasteiger partial charge in [-0.05, 0) is 24.1 Å². The third-order valence-corrected chi connectivity index (χ3v) is 3.21. The second-order valence-electron chi connectivity index (χ2n) is 5.71. The highest BCUT2D eigenvalue weighted by Gasteiger charge is 2.09. The number of oxazole rings is 1. The Balaban J connectivity index is 1.80. The van der Waals surface area contributed by atoms with Crippen molar-refractivity contribution in [1.82, 2.24) is 9.97 Å². The van der Waals surface area contributed by atoms with Gasteiger partial charge in [0.05, 0.1) is 0 Å². The van der Waals surface area contributed by atoms with Crippen molar-refractivity contribution >= 4 is 23.1 Å². The number of carboxylic acid groups (broad SMARTS) is 1. The van der Waals surface area contributed by atoms with Gasteiger partial charge in [-0.2, -0.15) is 4.98 Å². The second kappa shape index (κ2) is 6.57. The van der Waals surface area contributed by atoms with Gasteiger partial charge >= 0.3 is 5.97 Å². The molecule has 124 valence electrons. The van der Waals surface area contributed by atoms with Crippen LogP contribution in [0, 0.1) is 5.92 Å². The number of anilines is 1. The molecule has 2 aromatic heterocycles. The van der Waals surface area contributed by atoms with Gasteiger partial charge in [0.1, 0.15) is 17.0 Å². The average molecular weight is 327 g/mol. The molecule has 0 saturated heterocycles. The van der Waals surface area contributed by atoms with E-state index in [4.69, 9.17) is 14.3 Å². The maximum atomic E-state index is 10.9. The molecule has 7 heteroatoms.